The molecule has 0 unspecified atom stereocenters. The fourth-order valence-electron chi connectivity index (χ4n) is 3.43. The third kappa shape index (κ3) is 7.65. The highest BCUT2D eigenvalue weighted by molar-refractivity contribution is 5.93. The molecule has 2 amide bonds. The molecule has 3 rings (SSSR count). The number of rotatable bonds is 5. The van der Waals surface area contributed by atoms with Gasteiger partial charge < -0.3 is 32.5 Å². The zero-order chi connectivity index (χ0) is 24.8. The van der Waals surface area contributed by atoms with E-state index >= 15 is 0 Å². The predicted molar refractivity (Wildman–Crippen MR) is 133 cm³/mol. The summed E-state index contributed by atoms with van der Waals surface area (Å²) in [6.45, 7) is 4.21. The van der Waals surface area contributed by atoms with Gasteiger partial charge in [-0.2, -0.15) is 0 Å². The van der Waals surface area contributed by atoms with Crippen molar-refractivity contribution in [3.8, 4) is 0 Å². The van der Waals surface area contributed by atoms with E-state index in [1.807, 2.05) is 19.1 Å². The molecule has 0 atom stereocenters. The Balaban J connectivity index is 0.00000101. The molecule has 1 saturated heterocycles. The quantitative estimate of drug-likeness (QED) is 0.337. The number of amides is 2. The number of hydrogen-bond acceptors (Lipinski definition) is 7. The number of aliphatic hydroxyl groups is 1. The minimum absolute atomic E-state index is 0.246. The standard InChI is InChI=1S/C22H27N5O.CH3NO.CH4O/c1-15-5-6-18(27-9-3-4-10-27)13-19(15)20(24)11-17(14-23)16-7-8-26-21(12-16)22(28)25-2;2-1-3;1-2/h5-8,11-14H,3-4,9-10,23-24H2,1-2H3,(H,25,28);1H,(H2,2,3);2H,1H3/b17-14+,20-11-;;. The molecular weight excluding hydrogens is 420 g/mol. The Hall–Kier alpha value is -3.85. The van der Waals surface area contributed by atoms with E-state index in [4.69, 9.17) is 21.4 Å². The largest absolute Gasteiger partial charge is 0.404 e. The monoisotopic (exact) mass is 454 g/mol. The molecule has 0 radical (unpaired) electrons. The summed E-state index contributed by atoms with van der Waals surface area (Å²) < 4.78 is 0. The second kappa shape index (κ2) is 14.3. The number of nitrogens with two attached hydrogens (primary N) is 3. The molecule has 1 aliphatic heterocycles. The number of anilines is 1. The first kappa shape index (κ1) is 27.2. The van der Waals surface area contributed by atoms with Crippen LogP contribution in [0.2, 0.25) is 0 Å². The van der Waals surface area contributed by atoms with Crippen LogP contribution in [0.25, 0.3) is 11.3 Å². The average molecular weight is 455 g/mol. The number of allylic oxidation sites excluding steroid dienone is 2. The van der Waals surface area contributed by atoms with E-state index in [-0.39, 0.29) is 12.3 Å². The Morgan fingerprint density at radius 1 is 1.15 bits per heavy atom. The van der Waals surface area contributed by atoms with Crippen LogP contribution in [-0.2, 0) is 4.79 Å². The minimum atomic E-state index is -0.246. The first-order valence-electron chi connectivity index (χ1n) is 10.5. The third-order valence-corrected chi connectivity index (χ3v) is 5.05. The van der Waals surface area contributed by atoms with Gasteiger partial charge in [0.25, 0.3) is 5.91 Å². The van der Waals surface area contributed by atoms with Crippen LogP contribution >= 0.6 is 0 Å². The Bertz CT molecular complexity index is 982. The lowest BCUT2D eigenvalue weighted by atomic mass is 10.00. The summed E-state index contributed by atoms with van der Waals surface area (Å²) >= 11 is 0. The van der Waals surface area contributed by atoms with Gasteiger partial charge in [0.15, 0.2) is 0 Å². The highest BCUT2D eigenvalue weighted by atomic mass is 16.2. The normalized spacial score (nSPS) is 13.3. The Morgan fingerprint density at radius 2 is 1.79 bits per heavy atom. The van der Waals surface area contributed by atoms with Gasteiger partial charge in [-0.1, -0.05) is 6.07 Å². The molecule has 1 aliphatic rings. The molecule has 9 heteroatoms. The van der Waals surface area contributed by atoms with Crippen LogP contribution in [0.3, 0.4) is 0 Å². The van der Waals surface area contributed by atoms with Gasteiger partial charge in [-0.3, -0.25) is 14.6 Å². The number of carbonyl (C=O) groups excluding carboxylic acids is 2. The van der Waals surface area contributed by atoms with Crippen LogP contribution in [0.5, 0.6) is 0 Å². The van der Waals surface area contributed by atoms with Crippen LogP contribution in [0, 0.1) is 6.92 Å². The Morgan fingerprint density at radius 3 is 2.36 bits per heavy atom. The molecular formula is C24H34N6O3. The molecule has 0 saturated carbocycles. The molecule has 33 heavy (non-hydrogen) atoms. The molecule has 178 valence electrons. The number of pyridine rings is 1. The van der Waals surface area contributed by atoms with Crippen LogP contribution in [-0.4, -0.2) is 49.7 Å². The van der Waals surface area contributed by atoms with Crippen molar-refractivity contribution in [3.05, 3.63) is 71.2 Å². The van der Waals surface area contributed by atoms with E-state index in [0.29, 0.717) is 11.4 Å². The SMILES string of the molecule is CNC(=O)c1cc(C(/C=C(\N)c2cc(N3CCCC3)ccc2C)=C/N)ccn1.CO.NC=O. The lowest BCUT2D eigenvalue weighted by Gasteiger charge is -2.19. The van der Waals surface area contributed by atoms with Gasteiger partial charge >= 0.3 is 0 Å². The number of carbonyl (C=O) groups is 2. The van der Waals surface area contributed by atoms with Gasteiger partial charge in [-0.15, -0.1) is 0 Å². The van der Waals surface area contributed by atoms with Gasteiger partial charge in [0.1, 0.15) is 5.69 Å². The molecule has 1 aromatic carbocycles. The lowest BCUT2D eigenvalue weighted by Crippen LogP contribution is -2.19. The summed E-state index contributed by atoms with van der Waals surface area (Å²) in [5, 5.41) is 9.58. The van der Waals surface area contributed by atoms with Crippen LogP contribution in [0.1, 0.15) is 40.0 Å². The highest BCUT2D eigenvalue weighted by Crippen LogP contribution is 2.27. The summed E-state index contributed by atoms with van der Waals surface area (Å²) in [5.74, 6) is -0.246. The maximum absolute atomic E-state index is 11.9. The van der Waals surface area contributed by atoms with Gasteiger partial charge in [0.2, 0.25) is 6.41 Å². The number of nitrogens with one attached hydrogen (secondary N) is 1. The molecule has 0 spiro atoms. The molecule has 2 aromatic rings. The second-order valence-electron chi connectivity index (χ2n) is 7.06. The van der Waals surface area contributed by atoms with Crippen molar-refractivity contribution in [2.24, 2.45) is 17.2 Å². The lowest BCUT2D eigenvalue weighted by molar-refractivity contribution is -0.106. The van der Waals surface area contributed by atoms with Crippen molar-refractivity contribution >= 4 is 29.3 Å². The van der Waals surface area contributed by atoms with Gasteiger partial charge in [0.05, 0.1) is 0 Å². The van der Waals surface area contributed by atoms with Crippen molar-refractivity contribution in [1.29, 1.82) is 0 Å². The van der Waals surface area contributed by atoms with Crippen molar-refractivity contribution in [2.75, 3.05) is 32.1 Å². The first-order valence-corrected chi connectivity index (χ1v) is 10.5. The summed E-state index contributed by atoms with van der Waals surface area (Å²) in [6, 6.07) is 9.90. The van der Waals surface area contributed by atoms with E-state index in [2.05, 4.69) is 39.1 Å². The van der Waals surface area contributed by atoms with Crippen LogP contribution < -0.4 is 27.4 Å². The van der Waals surface area contributed by atoms with Gasteiger partial charge in [-0.25, -0.2) is 0 Å². The van der Waals surface area contributed by atoms with Crippen molar-refractivity contribution in [2.45, 2.75) is 19.8 Å². The summed E-state index contributed by atoms with van der Waals surface area (Å²) in [5.41, 5.74) is 22.3. The number of aromatic nitrogens is 1. The number of nitrogens with zero attached hydrogens (tertiary/aromatic N) is 2. The number of primary amides is 1. The summed E-state index contributed by atoms with van der Waals surface area (Å²) in [6.07, 6.45) is 7.63. The maximum Gasteiger partial charge on any atom is 0.269 e. The number of hydrogen-bond donors (Lipinski definition) is 5. The number of aryl methyl sites for hydroxylation is 1. The molecule has 9 nitrogen and oxygen atoms in total. The molecule has 1 fully saturated rings. The van der Waals surface area contributed by atoms with E-state index in [1.165, 1.54) is 24.7 Å². The van der Waals surface area contributed by atoms with Crippen LogP contribution in [0.4, 0.5) is 5.69 Å². The molecule has 1 aromatic heterocycles. The third-order valence-electron chi connectivity index (χ3n) is 5.05. The number of aliphatic hydroxyl groups excluding tert-OH is 1. The van der Waals surface area contributed by atoms with Crippen LogP contribution in [0.15, 0.2) is 48.8 Å². The molecule has 2 heterocycles. The van der Waals surface area contributed by atoms with Gasteiger partial charge in [-0.05, 0) is 66.8 Å². The van der Waals surface area contributed by atoms with E-state index in [9.17, 15) is 4.79 Å². The fourth-order valence-corrected chi connectivity index (χ4v) is 3.43. The van der Waals surface area contributed by atoms with Gasteiger partial charge in [0, 0.05) is 56.6 Å². The molecule has 8 N–H and O–H groups in total. The topological polar surface area (TPSA) is 161 Å². The molecule has 0 aliphatic carbocycles. The zero-order valence-electron chi connectivity index (χ0n) is 19.4. The average Bonchev–Trinajstić information content (AvgIpc) is 3.39. The maximum atomic E-state index is 11.9. The van der Waals surface area contributed by atoms with E-state index in [1.54, 1.807) is 19.3 Å². The molecule has 0 bridgehead atoms. The summed E-state index contributed by atoms with van der Waals surface area (Å²) in [7, 11) is 2.57. The smallest absolute Gasteiger partial charge is 0.269 e. The Labute approximate surface area is 195 Å². The van der Waals surface area contributed by atoms with Crippen molar-refractivity contribution in [3.63, 3.8) is 0 Å². The first-order chi connectivity index (χ1) is 15.9. The van der Waals surface area contributed by atoms with Crippen molar-refractivity contribution in [1.82, 2.24) is 10.3 Å². The van der Waals surface area contributed by atoms with Crippen molar-refractivity contribution < 1.29 is 14.7 Å². The summed E-state index contributed by atoms with van der Waals surface area (Å²) in [4.78, 5) is 26.9. The Kier molecular flexibility index (Phi) is 11.7. The van der Waals surface area contributed by atoms with E-state index in [0.717, 1.165) is 42.5 Å². The predicted octanol–water partition coefficient (Wildman–Crippen LogP) is 1.36. The number of benzene rings is 1. The minimum Gasteiger partial charge on any atom is -0.404 e. The second-order valence-corrected chi connectivity index (χ2v) is 7.06. The zero-order valence-corrected chi connectivity index (χ0v) is 19.4. The van der Waals surface area contributed by atoms with E-state index < -0.39 is 0 Å². The fraction of sp³-hybridized carbons (Fsp3) is 0.292. The highest BCUT2D eigenvalue weighted by Gasteiger charge is 2.14.